The van der Waals surface area contributed by atoms with E-state index in [9.17, 15) is 9.59 Å². The fourth-order valence-corrected chi connectivity index (χ4v) is 2.90. The van der Waals surface area contributed by atoms with Crippen molar-refractivity contribution in [3.05, 3.63) is 0 Å². The SMILES string of the molecule is CC(CCNC(=O)C1CCC(C(C)(C)C)CC1)C(=O)O. The number of carboxylic acids is 1. The highest BCUT2D eigenvalue weighted by Gasteiger charge is 2.32. The van der Waals surface area contributed by atoms with Crippen molar-refractivity contribution in [1.29, 1.82) is 0 Å². The Balaban J connectivity index is 2.28. The Hall–Kier alpha value is -1.06. The van der Waals surface area contributed by atoms with E-state index in [1.807, 2.05) is 0 Å². The number of nitrogens with one attached hydrogen (secondary N) is 1. The van der Waals surface area contributed by atoms with Crippen molar-refractivity contribution in [3.8, 4) is 0 Å². The topological polar surface area (TPSA) is 66.4 Å². The molecule has 2 N–H and O–H groups in total. The van der Waals surface area contributed by atoms with Gasteiger partial charge in [0.25, 0.3) is 0 Å². The second-order valence-corrected chi connectivity index (χ2v) is 7.23. The smallest absolute Gasteiger partial charge is 0.306 e. The van der Waals surface area contributed by atoms with Crippen LogP contribution < -0.4 is 5.32 Å². The van der Waals surface area contributed by atoms with Gasteiger partial charge in [-0.1, -0.05) is 27.7 Å². The van der Waals surface area contributed by atoms with Crippen molar-refractivity contribution in [2.75, 3.05) is 6.54 Å². The first-order valence-corrected chi connectivity index (χ1v) is 7.72. The van der Waals surface area contributed by atoms with Crippen molar-refractivity contribution in [3.63, 3.8) is 0 Å². The van der Waals surface area contributed by atoms with Crippen LogP contribution in [0.3, 0.4) is 0 Å². The number of aliphatic carboxylic acids is 1. The minimum atomic E-state index is -0.801. The van der Waals surface area contributed by atoms with Gasteiger partial charge >= 0.3 is 5.97 Å². The first kappa shape index (κ1) is 17.0. The van der Waals surface area contributed by atoms with E-state index in [2.05, 4.69) is 26.1 Å². The molecule has 4 heteroatoms. The van der Waals surface area contributed by atoms with Crippen molar-refractivity contribution in [2.45, 2.75) is 59.8 Å². The summed E-state index contributed by atoms with van der Waals surface area (Å²) in [5.74, 6) is -0.265. The summed E-state index contributed by atoms with van der Waals surface area (Å²) >= 11 is 0. The Bertz CT molecular complexity index is 338. The molecule has 0 aromatic heterocycles. The fraction of sp³-hybridized carbons (Fsp3) is 0.875. The zero-order valence-electron chi connectivity index (χ0n) is 13.2. The number of rotatable bonds is 5. The number of carbonyl (C=O) groups is 2. The third kappa shape index (κ3) is 5.14. The monoisotopic (exact) mass is 283 g/mol. The van der Waals surface area contributed by atoms with Crippen LogP contribution >= 0.6 is 0 Å². The largest absolute Gasteiger partial charge is 0.481 e. The Labute approximate surface area is 122 Å². The maximum Gasteiger partial charge on any atom is 0.306 e. The molecule has 1 rings (SSSR count). The molecule has 1 amide bonds. The average molecular weight is 283 g/mol. The molecule has 1 atom stereocenters. The molecule has 1 aliphatic rings. The molecule has 0 saturated heterocycles. The number of amides is 1. The summed E-state index contributed by atoms with van der Waals surface area (Å²) in [6, 6.07) is 0. The minimum absolute atomic E-state index is 0.106. The van der Waals surface area contributed by atoms with Gasteiger partial charge in [0.2, 0.25) is 5.91 Å². The summed E-state index contributed by atoms with van der Waals surface area (Å²) in [6.45, 7) is 8.94. The van der Waals surface area contributed by atoms with Crippen LogP contribution in [0.15, 0.2) is 0 Å². The normalized spacial score (nSPS) is 25.0. The molecule has 1 fully saturated rings. The van der Waals surface area contributed by atoms with Gasteiger partial charge < -0.3 is 10.4 Å². The number of hydrogen-bond acceptors (Lipinski definition) is 2. The zero-order chi connectivity index (χ0) is 15.3. The second kappa shape index (κ2) is 7.09. The van der Waals surface area contributed by atoms with Crippen LogP contribution in [0.25, 0.3) is 0 Å². The lowest BCUT2D eigenvalue weighted by molar-refractivity contribution is -0.141. The maximum atomic E-state index is 12.0. The van der Waals surface area contributed by atoms with E-state index in [0.29, 0.717) is 24.3 Å². The highest BCUT2D eigenvalue weighted by Crippen LogP contribution is 2.39. The molecule has 0 aliphatic heterocycles. The molecule has 20 heavy (non-hydrogen) atoms. The van der Waals surface area contributed by atoms with Gasteiger partial charge in [-0.25, -0.2) is 0 Å². The number of carboxylic acid groups (broad SMARTS) is 1. The lowest BCUT2D eigenvalue weighted by Crippen LogP contribution is -2.36. The summed E-state index contributed by atoms with van der Waals surface area (Å²) < 4.78 is 0. The van der Waals surface area contributed by atoms with E-state index in [4.69, 9.17) is 5.11 Å². The van der Waals surface area contributed by atoms with Crippen molar-refractivity contribution >= 4 is 11.9 Å². The van der Waals surface area contributed by atoms with E-state index < -0.39 is 11.9 Å². The van der Waals surface area contributed by atoms with Crippen molar-refractivity contribution in [2.24, 2.45) is 23.2 Å². The Kier molecular flexibility index (Phi) is 6.03. The van der Waals surface area contributed by atoms with Gasteiger partial charge in [0.1, 0.15) is 0 Å². The van der Waals surface area contributed by atoms with Crippen LogP contribution in [0, 0.1) is 23.2 Å². The summed E-state index contributed by atoms with van der Waals surface area (Å²) in [7, 11) is 0. The predicted molar refractivity (Wildman–Crippen MR) is 79.3 cm³/mol. The molecule has 0 heterocycles. The molecule has 1 saturated carbocycles. The minimum Gasteiger partial charge on any atom is -0.481 e. The van der Waals surface area contributed by atoms with Crippen LogP contribution in [0.1, 0.15) is 59.8 Å². The van der Waals surface area contributed by atoms with Crippen molar-refractivity contribution in [1.82, 2.24) is 5.32 Å². The first-order valence-electron chi connectivity index (χ1n) is 7.72. The van der Waals surface area contributed by atoms with Gasteiger partial charge in [-0.2, -0.15) is 0 Å². The van der Waals surface area contributed by atoms with E-state index in [1.54, 1.807) is 6.92 Å². The molecule has 0 aromatic carbocycles. The quantitative estimate of drug-likeness (QED) is 0.815. The molecule has 1 aliphatic carbocycles. The van der Waals surface area contributed by atoms with Crippen LogP contribution in [-0.2, 0) is 9.59 Å². The lowest BCUT2D eigenvalue weighted by Gasteiger charge is -2.36. The van der Waals surface area contributed by atoms with Gasteiger partial charge in [-0.05, 0) is 43.4 Å². The van der Waals surface area contributed by atoms with Gasteiger partial charge in [0, 0.05) is 12.5 Å². The highest BCUT2D eigenvalue weighted by molar-refractivity contribution is 5.78. The van der Waals surface area contributed by atoms with Crippen LogP contribution in [0.5, 0.6) is 0 Å². The number of carbonyl (C=O) groups excluding carboxylic acids is 1. The van der Waals surface area contributed by atoms with Crippen LogP contribution in [0.2, 0.25) is 0 Å². The standard InChI is InChI=1S/C16H29NO3/c1-11(15(19)20)9-10-17-14(18)12-5-7-13(8-6-12)16(2,3)4/h11-13H,5-10H2,1-4H3,(H,17,18)(H,19,20). The predicted octanol–water partition coefficient (Wildman–Crippen LogP) is 3.07. The highest BCUT2D eigenvalue weighted by atomic mass is 16.4. The molecule has 0 bridgehead atoms. The molecular weight excluding hydrogens is 254 g/mol. The third-order valence-corrected chi connectivity index (χ3v) is 4.62. The summed E-state index contributed by atoms with van der Waals surface area (Å²) in [4.78, 5) is 22.7. The molecule has 4 nitrogen and oxygen atoms in total. The van der Waals surface area contributed by atoms with Gasteiger partial charge in [-0.15, -0.1) is 0 Å². The molecular formula is C16H29NO3. The zero-order valence-corrected chi connectivity index (χ0v) is 13.2. The van der Waals surface area contributed by atoms with Gasteiger partial charge in [0.15, 0.2) is 0 Å². The van der Waals surface area contributed by atoms with E-state index in [1.165, 1.54) is 0 Å². The fourth-order valence-electron chi connectivity index (χ4n) is 2.90. The summed E-state index contributed by atoms with van der Waals surface area (Å²) in [5, 5.41) is 11.7. The Morgan fingerprint density at radius 1 is 1.20 bits per heavy atom. The lowest BCUT2D eigenvalue weighted by atomic mass is 9.69. The van der Waals surface area contributed by atoms with E-state index in [-0.39, 0.29) is 11.8 Å². The van der Waals surface area contributed by atoms with Crippen LogP contribution in [0.4, 0.5) is 0 Å². The van der Waals surface area contributed by atoms with E-state index in [0.717, 1.165) is 25.7 Å². The third-order valence-electron chi connectivity index (χ3n) is 4.62. The average Bonchev–Trinajstić information content (AvgIpc) is 2.37. The Morgan fingerprint density at radius 2 is 1.75 bits per heavy atom. The van der Waals surface area contributed by atoms with Gasteiger partial charge in [-0.3, -0.25) is 9.59 Å². The maximum absolute atomic E-state index is 12.0. The molecule has 0 aromatic rings. The molecule has 116 valence electrons. The Morgan fingerprint density at radius 3 is 2.20 bits per heavy atom. The molecule has 0 radical (unpaired) electrons. The van der Waals surface area contributed by atoms with Crippen LogP contribution in [-0.4, -0.2) is 23.5 Å². The van der Waals surface area contributed by atoms with Gasteiger partial charge in [0.05, 0.1) is 5.92 Å². The summed E-state index contributed by atoms with van der Waals surface area (Å²) in [6.07, 6.45) is 4.66. The molecule has 1 unspecified atom stereocenters. The van der Waals surface area contributed by atoms with Crippen molar-refractivity contribution < 1.29 is 14.7 Å². The second-order valence-electron chi connectivity index (χ2n) is 7.23. The molecule has 0 spiro atoms. The summed E-state index contributed by atoms with van der Waals surface area (Å²) in [5.41, 5.74) is 0.332. The first-order chi connectivity index (χ1) is 9.21. The number of hydrogen-bond donors (Lipinski definition) is 2. The van der Waals surface area contributed by atoms with E-state index >= 15 is 0 Å².